The number of hydrogen-bond acceptors (Lipinski definition) is 2. The summed E-state index contributed by atoms with van der Waals surface area (Å²) in [7, 11) is 0. The summed E-state index contributed by atoms with van der Waals surface area (Å²) in [4.78, 5) is 0. The minimum absolute atomic E-state index is 0.304. The number of nitrogens with two attached hydrogens (primary N) is 1. The van der Waals surface area contributed by atoms with Crippen LogP contribution < -0.4 is 5.73 Å². The molecular formula is C6H4ClF2NO. The lowest BCUT2D eigenvalue weighted by Crippen LogP contribution is -1.94. The lowest BCUT2D eigenvalue weighted by atomic mass is 10.3. The van der Waals surface area contributed by atoms with E-state index in [2.05, 4.69) is 0 Å². The Morgan fingerprint density at radius 2 is 1.91 bits per heavy atom. The van der Waals surface area contributed by atoms with Crippen molar-refractivity contribution in [2.24, 2.45) is 0 Å². The summed E-state index contributed by atoms with van der Waals surface area (Å²) < 4.78 is 24.9. The number of hydrogen-bond donors (Lipinski definition) is 2. The van der Waals surface area contributed by atoms with E-state index in [1.54, 1.807) is 0 Å². The number of anilines is 1. The van der Waals surface area contributed by atoms with E-state index in [0.29, 0.717) is 0 Å². The maximum Gasteiger partial charge on any atom is 0.204 e. The third kappa shape index (κ3) is 1.21. The third-order valence-corrected chi connectivity index (χ3v) is 1.45. The summed E-state index contributed by atoms with van der Waals surface area (Å²) in [5.41, 5.74) is 4.55. The van der Waals surface area contributed by atoms with Crippen molar-refractivity contribution in [1.82, 2.24) is 0 Å². The Balaban J connectivity index is 3.46. The Morgan fingerprint density at radius 1 is 1.36 bits per heavy atom. The van der Waals surface area contributed by atoms with Gasteiger partial charge in [0, 0.05) is 0 Å². The zero-order valence-corrected chi connectivity index (χ0v) is 5.99. The molecular weight excluding hydrogens is 176 g/mol. The molecule has 0 fully saturated rings. The van der Waals surface area contributed by atoms with Crippen LogP contribution in [0.5, 0.6) is 5.75 Å². The highest BCUT2D eigenvalue weighted by Crippen LogP contribution is 2.31. The van der Waals surface area contributed by atoms with Crippen molar-refractivity contribution in [1.29, 1.82) is 0 Å². The van der Waals surface area contributed by atoms with E-state index in [4.69, 9.17) is 22.4 Å². The maximum atomic E-state index is 12.5. The van der Waals surface area contributed by atoms with Gasteiger partial charge in [0.25, 0.3) is 0 Å². The summed E-state index contributed by atoms with van der Waals surface area (Å²) in [5, 5.41) is 8.40. The highest BCUT2D eigenvalue weighted by molar-refractivity contribution is 6.32. The van der Waals surface area contributed by atoms with Crippen molar-refractivity contribution < 1.29 is 13.9 Å². The minimum Gasteiger partial charge on any atom is -0.504 e. The van der Waals surface area contributed by atoms with Crippen LogP contribution in [0.4, 0.5) is 14.5 Å². The lowest BCUT2D eigenvalue weighted by Gasteiger charge is -2.01. The summed E-state index contributed by atoms with van der Waals surface area (Å²) in [6, 6.07) is 0.940. The van der Waals surface area contributed by atoms with Gasteiger partial charge in [0.05, 0.1) is 10.7 Å². The monoisotopic (exact) mass is 179 g/mol. The van der Waals surface area contributed by atoms with Crippen LogP contribution in [0.15, 0.2) is 6.07 Å². The van der Waals surface area contributed by atoms with Gasteiger partial charge in [-0.2, -0.15) is 4.39 Å². The van der Waals surface area contributed by atoms with Gasteiger partial charge in [-0.25, -0.2) is 4.39 Å². The van der Waals surface area contributed by atoms with Gasteiger partial charge in [-0.05, 0) is 6.07 Å². The van der Waals surface area contributed by atoms with Crippen molar-refractivity contribution in [3.8, 4) is 5.75 Å². The normalized spacial score (nSPS) is 10.1. The molecule has 0 spiro atoms. The first kappa shape index (κ1) is 8.07. The zero-order chi connectivity index (χ0) is 8.59. The van der Waals surface area contributed by atoms with Crippen LogP contribution in [0.2, 0.25) is 5.02 Å². The summed E-state index contributed by atoms with van der Waals surface area (Å²) in [6.07, 6.45) is 0. The molecule has 0 radical (unpaired) electrons. The molecule has 3 N–H and O–H groups in total. The molecule has 60 valence electrons. The highest BCUT2D eigenvalue weighted by Gasteiger charge is 2.14. The number of rotatable bonds is 0. The highest BCUT2D eigenvalue weighted by atomic mass is 35.5. The van der Waals surface area contributed by atoms with E-state index in [1.165, 1.54) is 0 Å². The topological polar surface area (TPSA) is 46.2 Å². The number of benzene rings is 1. The Morgan fingerprint density at radius 3 is 2.45 bits per heavy atom. The average molecular weight is 180 g/mol. The van der Waals surface area contributed by atoms with Gasteiger partial charge in [-0.3, -0.25) is 0 Å². The number of halogens is 3. The summed E-state index contributed by atoms with van der Waals surface area (Å²) in [6.45, 7) is 0. The number of phenolic OH excluding ortho intramolecular Hbond substituents is 1. The first-order valence-electron chi connectivity index (χ1n) is 2.66. The Labute approximate surface area is 66.2 Å². The fourth-order valence-corrected chi connectivity index (χ4v) is 0.804. The van der Waals surface area contributed by atoms with Crippen LogP contribution in [0.1, 0.15) is 0 Å². The second-order valence-electron chi connectivity index (χ2n) is 1.92. The molecule has 5 heteroatoms. The first-order valence-corrected chi connectivity index (χ1v) is 3.03. The van der Waals surface area contributed by atoms with E-state index < -0.39 is 23.1 Å². The van der Waals surface area contributed by atoms with Gasteiger partial charge >= 0.3 is 0 Å². The number of nitrogen functional groups attached to an aromatic ring is 1. The van der Waals surface area contributed by atoms with Crippen LogP contribution in [0.25, 0.3) is 0 Å². The molecule has 1 rings (SSSR count). The minimum atomic E-state index is -1.42. The van der Waals surface area contributed by atoms with Crippen LogP contribution in [-0.4, -0.2) is 5.11 Å². The van der Waals surface area contributed by atoms with E-state index in [9.17, 15) is 8.78 Å². The van der Waals surface area contributed by atoms with Crippen LogP contribution in [0.3, 0.4) is 0 Å². The van der Waals surface area contributed by atoms with Crippen LogP contribution >= 0.6 is 11.6 Å². The second-order valence-corrected chi connectivity index (χ2v) is 2.33. The molecule has 0 aliphatic heterocycles. The predicted octanol–water partition coefficient (Wildman–Crippen LogP) is 1.91. The largest absolute Gasteiger partial charge is 0.504 e. The zero-order valence-electron chi connectivity index (χ0n) is 5.24. The lowest BCUT2D eigenvalue weighted by molar-refractivity contribution is 0.408. The standard InChI is InChI=1S/C6H4ClF2NO/c7-2-1-3(10)4(8)5(9)6(2)11/h1,11H,10H2. The smallest absolute Gasteiger partial charge is 0.204 e. The van der Waals surface area contributed by atoms with E-state index >= 15 is 0 Å². The van der Waals surface area contributed by atoms with Gasteiger partial charge in [-0.15, -0.1) is 0 Å². The predicted molar refractivity (Wildman–Crippen MR) is 37.4 cm³/mol. The molecule has 0 aliphatic carbocycles. The van der Waals surface area contributed by atoms with Gasteiger partial charge in [0.15, 0.2) is 11.6 Å². The van der Waals surface area contributed by atoms with Gasteiger partial charge < -0.3 is 10.8 Å². The van der Waals surface area contributed by atoms with Crippen molar-refractivity contribution >= 4 is 17.3 Å². The van der Waals surface area contributed by atoms with Crippen LogP contribution in [-0.2, 0) is 0 Å². The maximum absolute atomic E-state index is 12.5. The number of phenols is 1. The summed E-state index contributed by atoms with van der Waals surface area (Å²) >= 11 is 5.25. The molecule has 1 aromatic rings. The third-order valence-electron chi connectivity index (χ3n) is 1.16. The molecule has 0 saturated carbocycles. The quantitative estimate of drug-likeness (QED) is 0.363. The molecule has 11 heavy (non-hydrogen) atoms. The molecule has 0 saturated heterocycles. The van der Waals surface area contributed by atoms with E-state index in [-0.39, 0.29) is 5.02 Å². The molecule has 0 aliphatic rings. The molecule has 0 unspecified atom stereocenters. The molecule has 0 amide bonds. The first-order chi connectivity index (χ1) is 5.04. The Kier molecular flexibility index (Phi) is 1.87. The van der Waals surface area contributed by atoms with Crippen molar-refractivity contribution in [3.05, 3.63) is 22.7 Å². The second kappa shape index (κ2) is 2.54. The van der Waals surface area contributed by atoms with Crippen molar-refractivity contribution in [2.75, 3.05) is 5.73 Å². The van der Waals surface area contributed by atoms with E-state index in [0.717, 1.165) is 6.07 Å². The summed E-state index contributed by atoms with van der Waals surface area (Å²) in [5.74, 6) is -3.62. The molecule has 0 bridgehead atoms. The van der Waals surface area contributed by atoms with Gasteiger partial charge in [0.1, 0.15) is 0 Å². The Bertz CT molecular complexity index is 277. The molecule has 0 atom stereocenters. The molecule has 0 heterocycles. The average Bonchev–Trinajstić information content (AvgIpc) is 1.97. The van der Waals surface area contributed by atoms with E-state index in [1.807, 2.05) is 0 Å². The Hall–Kier alpha value is -1.03. The van der Waals surface area contributed by atoms with Crippen molar-refractivity contribution in [2.45, 2.75) is 0 Å². The molecule has 1 aromatic carbocycles. The fourth-order valence-electron chi connectivity index (χ4n) is 0.604. The van der Waals surface area contributed by atoms with Crippen molar-refractivity contribution in [3.63, 3.8) is 0 Å². The van der Waals surface area contributed by atoms with Gasteiger partial charge in [0.2, 0.25) is 5.82 Å². The van der Waals surface area contributed by atoms with Gasteiger partial charge in [-0.1, -0.05) is 11.6 Å². The number of aromatic hydroxyl groups is 1. The molecule has 0 aromatic heterocycles. The van der Waals surface area contributed by atoms with Crippen LogP contribution in [0, 0.1) is 11.6 Å². The fraction of sp³-hybridized carbons (Fsp3) is 0. The SMILES string of the molecule is Nc1cc(Cl)c(O)c(F)c1F. The molecule has 2 nitrogen and oxygen atoms in total.